The van der Waals surface area contributed by atoms with Gasteiger partial charge in [0.2, 0.25) is 5.91 Å². The van der Waals surface area contributed by atoms with Crippen molar-refractivity contribution in [2.24, 2.45) is 5.73 Å². The summed E-state index contributed by atoms with van der Waals surface area (Å²) >= 11 is 5.36. The Morgan fingerprint density at radius 2 is 2.00 bits per heavy atom. The summed E-state index contributed by atoms with van der Waals surface area (Å²) in [5.41, 5.74) is 5.92. The van der Waals surface area contributed by atoms with Gasteiger partial charge in [0, 0.05) is 12.1 Å². The van der Waals surface area contributed by atoms with Gasteiger partial charge in [0.05, 0.1) is 0 Å². The number of carbonyl (C=O) groups is 1. The Morgan fingerprint density at radius 3 is 2.54 bits per heavy atom. The number of halogens is 1. The van der Waals surface area contributed by atoms with Crippen LogP contribution in [0.4, 0.5) is 0 Å². The molecule has 0 heterocycles. The summed E-state index contributed by atoms with van der Waals surface area (Å²) in [4.78, 5) is 10.9. The first-order chi connectivity index (χ1) is 6.16. The molecule has 1 amide bonds. The van der Waals surface area contributed by atoms with Crippen LogP contribution >= 0.6 is 11.6 Å². The van der Waals surface area contributed by atoms with E-state index < -0.39 is 0 Å². The van der Waals surface area contributed by atoms with Gasteiger partial charge in [-0.05, 0) is 12.8 Å². The number of carbonyl (C=O) groups excluding carboxylic acids is 1. The van der Waals surface area contributed by atoms with Crippen LogP contribution in [0.15, 0.2) is 0 Å². The van der Waals surface area contributed by atoms with E-state index in [9.17, 15) is 4.79 Å². The highest BCUT2D eigenvalue weighted by atomic mass is 35.5. The topological polar surface area (TPSA) is 55.1 Å². The Kier molecular flexibility index (Phi) is 4.00. The Hall–Kier alpha value is -0.280. The van der Waals surface area contributed by atoms with Gasteiger partial charge in [0.15, 0.2) is 0 Å². The SMILES string of the molecule is NC1(CNC(=O)CCl)CCCCC1. The highest BCUT2D eigenvalue weighted by Gasteiger charge is 2.27. The lowest BCUT2D eigenvalue weighted by molar-refractivity contribution is -0.119. The molecule has 0 bridgehead atoms. The Balaban J connectivity index is 2.28. The van der Waals surface area contributed by atoms with Crippen molar-refractivity contribution in [3.63, 3.8) is 0 Å². The van der Waals surface area contributed by atoms with E-state index >= 15 is 0 Å². The molecule has 0 unspecified atom stereocenters. The molecule has 0 saturated heterocycles. The van der Waals surface area contributed by atoms with Gasteiger partial charge in [-0.3, -0.25) is 4.79 Å². The molecule has 1 rings (SSSR count). The van der Waals surface area contributed by atoms with Gasteiger partial charge in [-0.25, -0.2) is 0 Å². The highest BCUT2D eigenvalue weighted by Crippen LogP contribution is 2.24. The Morgan fingerprint density at radius 1 is 1.38 bits per heavy atom. The molecule has 13 heavy (non-hydrogen) atoms. The number of amides is 1. The normalized spacial score (nSPS) is 21.1. The standard InChI is InChI=1S/C9H17ClN2O/c10-6-8(13)12-7-9(11)4-2-1-3-5-9/h1-7,11H2,(H,12,13). The Bertz CT molecular complexity index is 178. The van der Waals surface area contributed by atoms with Crippen LogP contribution in [0.2, 0.25) is 0 Å². The van der Waals surface area contributed by atoms with Crippen LogP contribution in [0.5, 0.6) is 0 Å². The van der Waals surface area contributed by atoms with Crippen LogP contribution in [0.3, 0.4) is 0 Å². The van der Waals surface area contributed by atoms with E-state index in [0.717, 1.165) is 12.8 Å². The summed E-state index contributed by atoms with van der Waals surface area (Å²) in [6.45, 7) is 0.568. The minimum absolute atomic E-state index is 0.0239. The van der Waals surface area contributed by atoms with Crippen LogP contribution in [0.25, 0.3) is 0 Å². The summed E-state index contributed by atoms with van der Waals surface area (Å²) in [6, 6.07) is 0. The van der Waals surface area contributed by atoms with Crippen molar-refractivity contribution in [3.8, 4) is 0 Å². The first-order valence-corrected chi connectivity index (χ1v) is 5.31. The lowest BCUT2D eigenvalue weighted by Gasteiger charge is -2.33. The van der Waals surface area contributed by atoms with Crippen molar-refractivity contribution in [1.29, 1.82) is 0 Å². The lowest BCUT2D eigenvalue weighted by atomic mass is 9.82. The van der Waals surface area contributed by atoms with E-state index in [1.807, 2.05) is 0 Å². The second-order valence-corrected chi connectivity index (χ2v) is 4.10. The maximum Gasteiger partial charge on any atom is 0.234 e. The number of nitrogens with two attached hydrogens (primary N) is 1. The summed E-state index contributed by atoms with van der Waals surface area (Å²) < 4.78 is 0. The first kappa shape index (κ1) is 10.8. The molecule has 1 saturated carbocycles. The second kappa shape index (κ2) is 4.82. The van der Waals surface area contributed by atoms with Crippen molar-refractivity contribution < 1.29 is 4.79 Å². The smallest absolute Gasteiger partial charge is 0.234 e. The van der Waals surface area contributed by atoms with Crippen LogP contribution in [-0.2, 0) is 4.79 Å². The van der Waals surface area contributed by atoms with Gasteiger partial charge in [-0.15, -0.1) is 11.6 Å². The van der Waals surface area contributed by atoms with E-state index in [4.69, 9.17) is 17.3 Å². The monoisotopic (exact) mass is 204 g/mol. The molecule has 0 aromatic carbocycles. The Labute approximate surface area is 84.0 Å². The van der Waals surface area contributed by atoms with Gasteiger partial charge in [0.25, 0.3) is 0 Å². The zero-order valence-electron chi connectivity index (χ0n) is 7.81. The van der Waals surface area contributed by atoms with Gasteiger partial charge >= 0.3 is 0 Å². The van der Waals surface area contributed by atoms with Crippen molar-refractivity contribution >= 4 is 17.5 Å². The number of rotatable bonds is 3. The van der Waals surface area contributed by atoms with E-state index in [1.165, 1.54) is 19.3 Å². The zero-order valence-corrected chi connectivity index (χ0v) is 8.57. The summed E-state index contributed by atoms with van der Waals surface area (Å²) in [5.74, 6) is -0.104. The van der Waals surface area contributed by atoms with Crippen LogP contribution in [-0.4, -0.2) is 23.9 Å². The van der Waals surface area contributed by atoms with Crippen LogP contribution < -0.4 is 11.1 Å². The molecular weight excluding hydrogens is 188 g/mol. The van der Waals surface area contributed by atoms with Crippen molar-refractivity contribution in [1.82, 2.24) is 5.32 Å². The quantitative estimate of drug-likeness (QED) is 0.674. The zero-order chi connectivity index (χ0) is 9.73. The molecule has 4 heteroatoms. The predicted octanol–water partition coefficient (Wildman–Crippen LogP) is 1.00. The van der Waals surface area contributed by atoms with Gasteiger partial charge in [-0.2, -0.15) is 0 Å². The molecule has 0 spiro atoms. The molecular formula is C9H17ClN2O. The number of alkyl halides is 1. The van der Waals surface area contributed by atoms with E-state index in [0.29, 0.717) is 6.54 Å². The number of nitrogens with one attached hydrogen (secondary N) is 1. The van der Waals surface area contributed by atoms with Crippen LogP contribution in [0, 0.1) is 0 Å². The van der Waals surface area contributed by atoms with E-state index in [1.54, 1.807) is 0 Å². The molecule has 3 nitrogen and oxygen atoms in total. The number of hydrogen-bond acceptors (Lipinski definition) is 2. The minimum atomic E-state index is -0.181. The molecule has 0 aromatic heterocycles. The first-order valence-electron chi connectivity index (χ1n) is 4.78. The average molecular weight is 205 g/mol. The molecule has 1 fully saturated rings. The van der Waals surface area contributed by atoms with Crippen molar-refractivity contribution in [3.05, 3.63) is 0 Å². The fourth-order valence-corrected chi connectivity index (χ4v) is 1.85. The molecule has 1 aliphatic rings. The van der Waals surface area contributed by atoms with E-state index in [-0.39, 0.29) is 17.3 Å². The lowest BCUT2D eigenvalue weighted by Crippen LogP contribution is -2.51. The van der Waals surface area contributed by atoms with Gasteiger partial charge in [-0.1, -0.05) is 19.3 Å². The fraction of sp³-hybridized carbons (Fsp3) is 0.889. The highest BCUT2D eigenvalue weighted by molar-refractivity contribution is 6.27. The third kappa shape index (κ3) is 3.53. The largest absolute Gasteiger partial charge is 0.353 e. The fourth-order valence-electron chi connectivity index (χ4n) is 1.75. The molecule has 0 aliphatic heterocycles. The maximum atomic E-state index is 10.9. The molecule has 0 aromatic rings. The second-order valence-electron chi connectivity index (χ2n) is 3.83. The molecule has 76 valence electrons. The maximum absolute atomic E-state index is 10.9. The molecule has 0 radical (unpaired) electrons. The molecule has 1 aliphatic carbocycles. The summed E-state index contributed by atoms with van der Waals surface area (Å²) in [5, 5.41) is 2.75. The molecule has 0 atom stereocenters. The summed E-state index contributed by atoms with van der Waals surface area (Å²) in [6.07, 6.45) is 5.63. The van der Waals surface area contributed by atoms with Crippen molar-refractivity contribution in [2.45, 2.75) is 37.6 Å². The minimum Gasteiger partial charge on any atom is -0.353 e. The van der Waals surface area contributed by atoms with Crippen molar-refractivity contribution in [2.75, 3.05) is 12.4 Å². The van der Waals surface area contributed by atoms with Gasteiger partial charge in [0.1, 0.15) is 5.88 Å². The van der Waals surface area contributed by atoms with E-state index in [2.05, 4.69) is 5.32 Å². The summed E-state index contributed by atoms with van der Waals surface area (Å²) in [7, 11) is 0. The van der Waals surface area contributed by atoms with Gasteiger partial charge < -0.3 is 11.1 Å². The van der Waals surface area contributed by atoms with Crippen LogP contribution in [0.1, 0.15) is 32.1 Å². The predicted molar refractivity (Wildman–Crippen MR) is 53.7 cm³/mol. The third-order valence-electron chi connectivity index (χ3n) is 2.61. The number of hydrogen-bond donors (Lipinski definition) is 2. The average Bonchev–Trinajstić information content (AvgIpc) is 2.15. The third-order valence-corrected chi connectivity index (χ3v) is 2.85. The molecule has 3 N–H and O–H groups in total.